The number of aromatic nitrogens is 3. The quantitative estimate of drug-likeness (QED) is 0.576. The largest absolute Gasteiger partial charge is 0.444 e. The molecule has 1 aliphatic rings. The highest BCUT2D eigenvalue weighted by Crippen LogP contribution is 2.34. The molecular weight excluding hydrogens is 507 g/mol. The fourth-order valence-electron chi connectivity index (χ4n) is 3.42. The van der Waals surface area contributed by atoms with E-state index >= 15 is 0 Å². The molecule has 196 valence electrons. The zero-order valence-electron chi connectivity index (χ0n) is 19.8. The average Bonchev–Trinajstić information content (AvgIpc) is 2.80. The molecule has 1 aliphatic heterocycles. The molecule has 2 aromatic heterocycles. The molecule has 0 aromatic carbocycles. The minimum absolute atomic E-state index is 0.0338. The molecule has 1 fully saturated rings. The molecule has 2 N–H and O–H groups in total. The van der Waals surface area contributed by atoms with Crippen LogP contribution in [0.15, 0.2) is 24.5 Å². The molecule has 1 saturated heterocycles. The smallest absolute Gasteiger partial charge is 0.416 e. The number of morpholine rings is 1. The molecule has 3 unspecified atom stereocenters. The predicted molar refractivity (Wildman–Crippen MR) is 121 cm³/mol. The molecule has 0 aliphatic carbocycles. The molecule has 0 saturated carbocycles. The molecule has 0 bridgehead atoms. The molecule has 10 nitrogen and oxygen atoms in total. The monoisotopic (exact) mass is 531 g/mol. The number of carbonyl (C=O) groups is 2. The highest BCUT2D eigenvalue weighted by molar-refractivity contribution is 6.29. The number of rotatable bonds is 4. The highest BCUT2D eigenvalue weighted by atomic mass is 35.5. The van der Waals surface area contributed by atoms with Crippen LogP contribution in [0.3, 0.4) is 0 Å². The van der Waals surface area contributed by atoms with E-state index in [4.69, 9.17) is 21.1 Å². The van der Waals surface area contributed by atoms with Crippen LogP contribution in [0.5, 0.6) is 0 Å². The number of pyridine rings is 1. The number of carbonyl (C=O) groups excluding carboxylic acids is 2. The first-order valence-corrected chi connectivity index (χ1v) is 11.2. The Bertz CT molecular complexity index is 1130. The third-order valence-corrected chi connectivity index (χ3v) is 5.24. The van der Waals surface area contributed by atoms with Crippen molar-refractivity contribution in [1.82, 2.24) is 25.2 Å². The van der Waals surface area contributed by atoms with Gasteiger partial charge in [-0.25, -0.2) is 19.7 Å². The van der Waals surface area contributed by atoms with Crippen LogP contribution in [0.25, 0.3) is 11.4 Å². The Hall–Kier alpha value is -3.03. The number of amides is 2. The van der Waals surface area contributed by atoms with Crippen molar-refractivity contribution in [2.75, 3.05) is 20.1 Å². The van der Waals surface area contributed by atoms with Gasteiger partial charge in [0.2, 0.25) is 0 Å². The van der Waals surface area contributed by atoms with Crippen LogP contribution in [-0.2, 0) is 9.47 Å². The summed E-state index contributed by atoms with van der Waals surface area (Å²) >= 11 is 6.18. The Balaban J connectivity index is 1.98. The summed E-state index contributed by atoms with van der Waals surface area (Å²) in [5.74, 6) is -0.464. The SMILES string of the molecule is CNC(=O)c1cc(-c2cc(C3CN(C(=O)OC(C)(C)C)CC(C(O)C(F)(F)F)O3)cc(Cl)n2)ncn1. The fraction of sp³-hybridized carbons (Fsp3) is 0.500. The maximum absolute atomic E-state index is 13.3. The Morgan fingerprint density at radius 2 is 1.89 bits per heavy atom. The van der Waals surface area contributed by atoms with E-state index in [2.05, 4.69) is 20.3 Å². The summed E-state index contributed by atoms with van der Waals surface area (Å²) in [4.78, 5) is 37.8. The molecule has 2 aromatic rings. The zero-order valence-corrected chi connectivity index (χ0v) is 20.6. The molecule has 0 spiro atoms. The van der Waals surface area contributed by atoms with Crippen LogP contribution in [0.2, 0.25) is 5.15 Å². The molecule has 36 heavy (non-hydrogen) atoms. The van der Waals surface area contributed by atoms with Gasteiger partial charge in [0.1, 0.15) is 35.0 Å². The lowest BCUT2D eigenvalue weighted by atomic mass is 10.0. The summed E-state index contributed by atoms with van der Waals surface area (Å²) in [6.07, 6.45) is -10.4. The first kappa shape index (κ1) is 27.6. The summed E-state index contributed by atoms with van der Waals surface area (Å²) in [5.41, 5.74) is -0.150. The van der Waals surface area contributed by atoms with Gasteiger partial charge >= 0.3 is 12.3 Å². The van der Waals surface area contributed by atoms with Crippen molar-refractivity contribution in [3.8, 4) is 11.4 Å². The number of aliphatic hydroxyl groups excluding tert-OH is 1. The Morgan fingerprint density at radius 3 is 2.50 bits per heavy atom. The number of nitrogens with one attached hydrogen (secondary N) is 1. The van der Waals surface area contributed by atoms with Gasteiger partial charge in [-0.1, -0.05) is 11.6 Å². The van der Waals surface area contributed by atoms with Crippen LogP contribution >= 0.6 is 11.6 Å². The van der Waals surface area contributed by atoms with E-state index in [9.17, 15) is 27.9 Å². The Labute approximate surface area is 209 Å². The lowest BCUT2D eigenvalue weighted by Crippen LogP contribution is -2.55. The normalized spacial score (nSPS) is 19.5. The summed E-state index contributed by atoms with van der Waals surface area (Å²) in [6.45, 7) is 4.14. The maximum Gasteiger partial charge on any atom is 0.416 e. The van der Waals surface area contributed by atoms with E-state index in [0.29, 0.717) is 0 Å². The summed E-state index contributed by atoms with van der Waals surface area (Å²) < 4.78 is 50.8. The number of halogens is 4. The Morgan fingerprint density at radius 1 is 1.19 bits per heavy atom. The minimum atomic E-state index is -4.98. The number of alkyl halides is 3. The Kier molecular flexibility index (Phi) is 8.06. The molecule has 0 radical (unpaired) electrons. The zero-order chi connectivity index (χ0) is 26.8. The lowest BCUT2D eigenvalue weighted by Gasteiger charge is -2.40. The van der Waals surface area contributed by atoms with Gasteiger partial charge in [0, 0.05) is 7.05 Å². The standard InChI is InChI=1S/C22H25ClF3N5O5/c1-21(2,3)36-20(34)31-8-15(35-16(9-31)18(32)22(24,25)26)11-5-13(30-17(23)6-11)12-7-14(19(33)27-4)29-10-28-12/h5-7,10,15-16,18,32H,8-9H2,1-4H3,(H,27,33). The topological polar surface area (TPSA) is 127 Å². The third-order valence-electron chi connectivity index (χ3n) is 5.04. The van der Waals surface area contributed by atoms with Crippen molar-refractivity contribution < 1.29 is 37.3 Å². The molecular formula is C22H25ClF3N5O5. The van der Waals surface area contributed by atoms with Crippen LogP contribution in [0.1, 0.15) is 42.9 Å². The van der Waals surface area contributed by atoms with Crippen LogP contribution in [0.4, 0.5) is 18.0 Å². The van der Waals surface area contributed by atoms with Crippen molar-refractivity contribution in [2.45, 2.75) is 50.9 Å². The molecule has 2 amide bonds. The second kappa shape index (κ2) is 10.5. The number of hydrogen-bond acceptors (Lipinski definition) is 8. The first-order valence-electron chi connectivity index (χ1n) is 10.8. The van der Waals surface area contributed by atoms with Crippen molar-refractivity contribution in [2.24, 2.45) is 0 Å². The van der Waals surface area contributed by atoms with Gasteiger partial charge in [0.15, 0.2) is 6.10 Å². The first-order chi connectivity index (χ1) is 16.7. The second-order valence-corrected chi connectivity index (χ2v) is 9.40. The van der Waals surface area contributed by atoms with Crippen molar-refractivity contribution in [3.05, 3.63) is 40.9 Å². The minimum Gasteiger partial charge on any atom is -0.444 e. The van der Waals surface area contributed by atoms with Crippen molar-refractivity contribution >= 4 is 23.6 Å². The summed E-state index contributed by atoms with van der Waals surface area (Å²) in [5, 5.41) is 12.3. The van der Waals surface area contributed by atoms with Crippen LogP contribution in [0, 0.1) is 0 Å². The predicted octanol–water partition coefficient (Wildman–Crippen LogP) is 3.15. The van der Waals surface area contributed by atoms with Gasteiger partial charge in [-0.2, -0.15) is 13.2 Å². The number of hydrogen-bond donors (Lipinski definition) is 2. The van der Waals surface area contributed by atoms with Crippen molar-refractivity contribution in [1.29, 1.82) is 0 Å². The van der Waals surface area contributed by atoms with E-state index in [-0.39, 0.29) is 34.3 Å². The summed E-state index contributed by atoms with van der Waals surface area (Å²) in [7, 11) is 1.43. The number of ether oxygens (including phenoxy) is 2. The van der Waals surface area contributed by atoms with Gasteiger partial charge in [-0.15, -0.1) is 0 Å². The molecule has 3 heterocycles. The van der Waals surface area contributed by atoms with Crippen LogP contribution in [-0.4, -0.2) is 81.1 Å². The average molecular weight is 532 g/mol. The molecule has 14 heteroatoms. The van der Waals surface area contributed by atoms with Gasteiger partial charge in [0.25, 0.3) is 5.91 Å². The second-order valence-electron chi connectivity index (χ2n) is 9.01. The lowest BCUT2D eigenvalue weighted by molar-refractivity contribution is -0.253. The fourth-order valence-corrected chi connectivity index (χ4v) is 3.63. The molecule has 3 rings (SSSR count). The van der Waals surface area contributed by atoms with E-state index < -0.39 is 48.6 Å². The van der Waals surface area contributed by atoms with E-state index in [0.717, 1.165) is 11.2 Å². The third kappa shape index (κ3) is 6.80. The van der Waals surface area contributed by atoms with E-state index in [1.54, 1.807) is 20.8 Å². The molecule has 3 atom stereocenters. The van der Waals surface area contributed by atoms with Crippen LogP contribution < -0.4 is 5.32 Å². The van der Waals surface area contributed by atoms with Gasteiger partial charge < -0.3 is 24.8 Å². The highest BCUT2D eigenvalue weighted by Gasteiger charge is 2.48. The van der Waals surface area contributed by atoms with Gasteiger partial charge in [-0.05, 0) is 44.5 Å². The number of nitrogens with zero attached hydrogens (tertiary/aromatic N) is 4. The maximum atomic E-state index is 13.3. The van der Waals surface area contributed by atoms with Gasteiger partial charge in [0.05, 0.1) is 24.5 Å². The van der Waals surface area contributed by atoms with Crippen molar-refractivity contribution in [3.63, 3.8) is 0 Å². The van der Waals surface area contributed by atoms with Gasteiger partial charge in [-0.3, -0.25) is 4.79 Å². The van der Waals surface area contributed by atoms with E-state index in [1.807, 2.05) is 0 Å². The van der Waals surface area contributed by atoms with E-state index in [1.165, 1.54) is 25.2 Å². The number of aliphatic hydroxyl groups is 1. The summed E-state index contributed by atoms with van der Waals surface area (Å²) in [6, 6.07) is 4.19.